The highest BCUT2D eigenvalue weighted by Gasteiger charge is 2.36. The molecule has 0 saturated heterocycles. The van der Waals surface area contributed by atoms with Crippen LogP contribution in [-0.4, -0.2) is 39.8 Å². The Labute approximate surface area is 146 Å². The van der Waals surface area contributed by atoms with Crippen LogP contribution in [0.25, 0.3) is 22.8 Å². The van der Waals surface area contributed by atoms with E-state index in [1.807, 2.05) is 32.0 Å². The zero-order valence-electron chi connectivity index (χ0n) is 13.9. The second kappa shape index (κ2) is 5.70. The predicted molar refractivity (Wildman–Crippen MR) is 92.8 cm³/mol. The summed E-state index contributed by atoms with van der Waals surface area (Å²) in [6.45, 7) is 3.68. The number of ether oxygens (including phenoxy) is 1. The van der Waals surface area contributed by atoms with E-state index in [1.165, 1.54) is 0 Å². The van der Waals surface area contributed by atoms with Crippen molar-refractivity contribution in [1.82, 2.24) is 15.1 Å². The molecule has 3 aromatic rings. The number of nitrogens with zero attached hydrogens (tertiary/aromatic N) is 3. The lowest BCUT2D eigenvalue weighted by molar-refractivity contribution is -0.0442. The number of aliphatic hydroxyl groups excluding tert-OH is 1. The van der Waals surface area contributed by atoms with E-state index in [0.717, 1.165) is 11.1 Å². The second-order valence-corrected chi connectivity index (χ2v) is 6.66. The molecule has 3 heterocycles. The molecule has 25 heavy (non-hydrogen) atoms. The van der Waals surface area contributed by atoms with Crippen LogP contribution < -0.4 is 10.2 Å². The van der Waals surface area contributed by atoms with Crippen molar-refractivity contribution < 1.29 is 14.4 Å². The van der Waals surface area contributed by atoms with Crippen molar-refractivity contribution in [3.05, 3.63) is 42.1 Å². The Morgan fingerprint density at radius 2 is 1.96 bits per heavy atom. The van der Waals surface area contributed by atoms with Gasteiger partial charge in [0.15, 0.2) is 0 Å². The van der Waals surface area contributed by atoms with Crippen molar-refractivity contribution in [2.45, 2.75) is 32.0 Å². The minimum absolute atomic E-state index is 0.362. The highest BCUT2D eigenvalue weighted by Crippen LogP contribution is 2.34. The summed E-state index contributed by atoms with van der Waals surface area (Å²) in [6, 6.07) is 9.10. The molecule has 124 valence electrons. The molecule has 1 aliphatic heterocycles. The SMILES string of the molecule is [B]c1ccc(-c2noc(-c3cnc4c(c3)C[C@H](O)C(C)(C)O4)n2)cc1. The van der Waals surface area contributed by atoms with Gasteiger partial charge in [0.2, 0.25) is 11.7 Å². The first-order valence-electron chi connectivity index (χ1n) is 7.98. The van der Waals surface area contributed by atoms with Crippen LogP contribution in [0.2, 0.25) is 0 Å². The Hall–Kier alpha value is -2.67. The number of rotatable bonds is 2. The third-order valence-corrected chi connectivity index (χ3v) is 4.34. The molecule has 7 heteroatoms. The summed E-state index contributed by atoms with van der Waals surface area (Å²) >= 11 is 0. The van der Waals surface area contributed by atoms with Crippen molar-refractivity contribution >= 4 is 13.3 Å². The maximum absolute atomic E-state index is 10.2. The van der Waals surface area contributed by atoms with Gasteiger partial charge in [-0.1, -0.05) is 34.9 Å². The van der Waals surface area contributed by atoms with Gasteiger partial charge in [0.1, 0.15) is 13.4 Å². The molecular formula is C18H16BN3O3. The van der Waals surface area contributed by atoms with Crippen LogP contribution in [0.1, 0.15) is 19.4 Å². The van der Waals surface area contributed by atoms with Crippen LogP contribution >= 0.6 is 0 Å². The zero-order chi connectivity index (χ0) is 17.6. The molecule has 0 bridgehead atoms. The van der Waals surface area contributed by atoms with Crippen molar-refractivity contribution in [3.63, 3.8) is 0 Å². The van der Waals surface area contributed by atoms with Gasteiger partial charge < -0.3 is 14.4 Å². The fraction of sp³-hybridized carbons (Fsp3) is 0.278. The first-order valence-corrected chi connectivity index (χ1v) is 7.98. The van der Waals surface area contributed by atoms with Crippen LogP contribution in [0.4, 0.5) is 0 Å². The number of hydrogen-bond donors (Lipinski definition) is 1. The first kappa shape index (κ1) is 15.8. The van der Waals surface area contributed by atoms with E-state index in [-0.39, 0.29) is 0 Å². The second-order valence-electron chi connectivity index (χ2n) is 6.66. The zero-order valence-corrected chi connectivity index (χ0v) is 13.9. The van der Waals surface area contributed by atoms with Gasteiger partial charge in [-0.2, -0.15) is 4.98 Å². The molecule has 2 aromatic heterocycles. The molecule has 1 aliphatic rings. The lowest BCUT2D eigenvalue weighted by Gasteiger charge is -2.36. The van der Waals surface area contributed by atoms with Crippen LogP contribution in [0.5, 0.6) is 5.88 Å². The molecule has 0 spiro atoms. The number of benzene rings is 1. The average molecular weight is 333 g/mol. The predicted octanol–water partition coefficient (Wildman–Crippen LogP) is 1.67. The minimum atomic E-state index is -0.658. The molecule has 0 fully saturated rings. The third-order valence-electron chi connectivity index (χ3n) is 4.34. The van der Waals surface area contributed by atoms with Crippen LogP contribution in [0.3, 0.4) is 0 Å². The quantitative estimate of drug-likeness (QED) is 0.719. The van der Waals surface area contributed by atoms with Gasteiger partial charge in [-0.05, 0) is 19.9 Å². The summed E-state index contributed by atoms with van der Waals surface area (Å²) in [6.07, 6.45) is 1.49. The van der Waals surface area contributed by atoms with E-state index < -0.39 is 11.7 Å². The molecule has 0 amide bonds. The number of aromatic nitrogens is 3. The topological polar surface area (TPSA) is 81.3 Å². The van der Waals surface area contributed by atoms with E-state index in [0.29, 0.717) is 35.0 Å². The van der Waals surface area contributed by atoms with Crippen LogP contribution in [0, 0.1) is 0 Å². The summed E-state index contributed by atoms with van der Waals surface area (Å²) in [5.41, 5.74) is 2.33. The molecule has 4 rings (SSSR count). The summed E-state index contributed by atoms with van der Waals surface area (Å²) < 4.78 is 11.1. The summed E-state index contributed by atoms with van der Waals surface area (Å²) in [4.78, 5) is 8.76. The van der Waals surface area contributed by atoms with E-state index in [1.54, 1.807) is 18.3 Å². The van der Waals surface area contributed by atoms with Gasteiger partial charge >= 0.3 is 0 Å². The standard InChI is InChI=1S/C18H16BN3O3/c1-18(2)14(23)8-11-7-12(9-20-16(11)24-18)17-21-15(22-25-17)10-3-5-13(19)6-4-10/h3-7,9,14,23H,8H2,1-2H3/t14-/m0/s1. The summed E-state index contributed by atoms with van der Waals surface area (Å²) in [5, 5.41) is 14.2. The number of pyridine rings is 1. The van der Waals surface area contributed by atoms with E-state index in [9.17, 15) is 5.11 Å². The van der Waals surface area contributed by atoms with Gasteiger partial charge in [-0.25, -0.2) is 4.98 Å². The Kier molecular flexibility index (Phi) is 3.61. The normalized spacial score (nSPS) is 18.4. The first-order chi connectivity index (χ1) is 11.9. The molecule has 0 unspecified atom stereocenters. The van der Waals surface area contributed by atoms with E-state index in [4.69, 9.17) is 17.1 Å². The molecule has 0 aliphatic carbocycles. The van der Waals surface area contributed by atoms with E-state index in [2.05, 4.69) is 15.1 Å². The van der Waals surface area contributed by atoms with Crippen LogP contribution in [-0.2, 0) is 6.42 Å². The molecular weight excluding hydrogens is 317 g/mol. The lowest BCUT2D eigenvalue weighted by atomic mass is 9.92. The van der Waals surface area contributed by atoms with Gasteiger partial charge in [0, 0.05) is 23.7 Å². The number of aliphatic hydroxyl groups is 1. The fourth-order valence-electron chi connectivity index (χ4n) is 2.71. The summed E-state index contributed by atoms with van der Waals surface area (Å²) in [7, 11) is 5.69. The molecule has 1 atom stereocenters. The molecule has 1 N–H and O–H groups in total. The van der Waals surface area contributed by atoms with Gasteiger partial charge in [0.05, 0.1) is 11.7 Å². The number of hydrogen-bond acceptors (Lipinski definition) is 6. The molecule has 0 saturated carbocycles. The van der Waals surface area contributed by atoms with Crippen LogP contribution in [0.15, 0.2) is 41.1 Å². The highest BCUT2D eigenvalue weighted by molar-refractivity contribution is 6.32. The van der Waals surface area contributed by atoms with Gasteiger partial charge in [-0.3, -0.25) is 0 Å². The summed E-state index contributed by atoms with van der Waals surface area (Å²) in [5.74, 6) is 1.36. The van der Waals surface area contributed by atoms with Gasteiger partial charge in [-0.15, -0.1) is 0 Å². The molecule has 2 radical (unpaired) electrons. The highest BCUT2D eigenvalue weighted by atomic mass is 16.5. The maximum atomic E-state index is 10.2. The van der Waals surface area contributed by atoms with Gasteiger partial charge in [0.25, 0.3) is 5.89 Å². The molecule has 1 aromatic carbocycles. The Morgan fingerprint density at radius 3 is 2.72 bits per heavy atom. The Balaban J connectivity index is 1.65. The van der Waals surface area contributed by atoms with Crippen molar-refractivity contribution in [2.24, 2.45) is 0 Å². The van der Waals surface area contributed by atoms with Crippen molar-refractivity contribution in [2.75, 3.05) is 0 Å². The maximum Gasteiger partial charge on any atom is 0.259 e. The largest absolute Gasteiger partial charge is 0.469 e. The smallest absolute Gasteiger partial charge is 0.259 e. The molecule has 6 nitrogen and oxygen atoms in total. The van der Waals surface area contributed by atoms with Crippen molar-refractivity contribution in [3.8, 4) is 28.7 Å². The average Bonchev–Trinajstić information content (AvgIpc) is 3.06. The fourth-order valence-corrected chi connectivity index (χ4v) is 2.71. The monoisotopic (exact) mass is 333 g/mol. The van der Waals surface area contributed by atoms with E-state index >= 15 is 0 Å². The minimum Gasteiger partial charge on any atom is -0.469 e. The Bertz CT molecular complexity index is 922. The van der Waals surface area contributed by atoms with Crippen molar-refractivity contribution in [1.29, 1.82) is 0 Å². The third kappa shape index (κ3) is 2.91. The Morgan fingerprint density at radius 1 is 1.20 bits per heavy atom. The number of fused-ring (bicyclic) bond motifs is 1. The lowest BCUT2D eigenvalue weighted by Crippen LogP contribution is -2.46.